The number of carbonyl (C=O) groups is 2. The van der Waals surface area contributed by atoms with Crippen LogP contribution in [0.3, 0.4) is 0 Å². The fourth-order valence-electron chi connectivity index (χ4n) is 2.79. The molecule has 0 spiro atoms. The number of hydrogen-bond donors (Lipinski definition) is 1. The molecule has 0 atom stereocenters. The molecule has 1 saturated heterocycles. The van der Waals surface area contributed by atoms with Crippen LogP contribution >= 0.6 is 0 Å². The molecule has 126 valence electrons. The van der Waals surface area contributed by atoms with Gasteiger partial charge in [0.15, 0.2) is 0 Å². The van der Waals surface area contributed by atoms with Gasteiger partial charge in [-0.1, -0.05) is 0 Å². The molecule has 7 heteroatoms. The number of aromatic nitrogens is 1. The Balaban J connectivity index is 1.59. The molecule has 24 heavy (non-hydrogen) atoms. The summed E-state index contributed by atoms with van der Waals surface area (Å²) < 4.78 is 18.3. The van der Waals surface area contributed by atoms with Gasteiger partial charge in [0.05, 0.1) is 12.1 Å². The molecule has 0 bridgehead atoms. The van der Waals surface area contributed by atoms with Gasteiger partial charge in [0.1, 0.15) is 12.1 Å². The molecule has 6 nitrogen and oxygen atoms in total. The van der Waals surface area contributed by atoms with Crippen LogP contribution in [0.2, 0.25) is 0 Å². The Bertz CT molecular complexity index is 734. The molecule has 2 N–H and O–H groups in total. The maximum atomic E-state index is 12.9. The highest BCUT2D eigenvalue weighted by atomic mass is 19.1. The number of hydrogen-bond acceptors (Lipinski definition) is 4. The lowest BCUT2D eigenvalue weighted by molar-refractivity contribution is -0.134. The van der Waals surface area contributed by atoms with E-state index in [1.54, 1.807) is 17.0 Å². The predicted molar refractivity (Wildman–Crippen MR) is 84.1 cm³/mol. The SMILES string of the molecule is NC(=O)C1CCN(C(=O)Cc2coc(-c3ccc(F)cc3)n2)CC1. The largest absolute Gasteiger partial charge is 0.444 e. The van der Waals surface area contributed by atoms with Gasteiger partial charge >= 0.3 is 0 Å². The molecule has 0 radical (unpaired) electrons. The van der Waals surface area contributed by atoms with Gasteiger partial charge in [0, 0.05) is 24.6 Å². The van der Waals surface area contributed by atoms with Crippen molar-refractivity contribution in [1.29, 1.82) is 0 Å². The third-order valence-electron chi connectivity index (χ3n) is 4.23. The van der Waals surface area contributed by atoms with E-state index in [1.807, 2.05) is 0 Å². The number of primary amides is 1. The van der Waals surface area contributed by atoms with Crippen molar-refractivity contribution in [1.82, 2.24) is 9.88 Å². The van der Waals surface area contributed by atoms with Crippen molar-refractivity contribution in [2.75, 3.05) is 13.1 Å². The van der Waals surface area contributed by atoms with Crippen molar-refractivity contribution in [3.8, 4) is 11.5 Å². The molecule has 3 rings (SSSR count). The summed E-state index contributed by atoms with van der Waals surface area (Å²) in [5.74, 6) is -0.490. The second-order valence-electron chi connectivity index (χ2n) is 5.89. The van der Waals surface area contributed by atoms with Gasteiger partial charge in [-0.2, -0.15) is 0 Å². The Morgan fingerprint density at radius 3 is 2.54 bits per heavy atom. The van der Waals surface area contributed by atoms with Crippen LogP contribution in [0.25, 0.3) is 11.5 Å². The van der Waals surface area contributed by atoms with E-state index in [1.165, 1.54) is 18.4 Å². The number of rotatable bonds is 4. The van der Waals surface area contributed by atoms with Gasteiger partial charge in [0.2, 0.25) is 17.7 Å². The van der Waals surface area contributed by atoms with Crippen LogP contribution in [-0.2, 0) is 16.0 Å². The number of nitrogens with zero attached hydrogens (tertiary/aromatic N) is 2. The summed E-state index contributed by atoms with van der Waals surface area (Å²) in [5, 5.41) is 0. The summed E-state index contributed by atoms with van der Waals surface area (Å²) in [7, 11) is 0. The lowest BCUT2D eigenvalue weighted by Crippen LogP contribution is -2.42. The molecular formula is C17H18FN3O3. The third-order valence-corrected chi connectivity index (χ3v) is 4.23. The van der Waals surface area contributed by atoms with Crippen molar-refractivity contribution in [2.45, 2.75) is 19.3 Å². The first kappa shape index (κ1) is 16.2. The van der Waals surface area contributed by atoms with Gasteiger partial charge in [-0.25, -0.2) is 9.37 Å². The van der Waals surface area contributed by atoms with Crippen LogP contribution in [0, 0.1) is 11.7 Å². The van der Waals surface area contributed by atoms with E-state index in [9.17, 15) is 14.0 Å². The monoisotopic (exact) mass is 331 g/mol. The number of carbonyl (C=O) groups excluding carboxylic acids is 2. The number of amides is 2. The third kappa shape index (κ3) is 3.61. The van der Waals surface area contributed by atoms with Crippen LogP contribution < -0.4 is 5.73 Å². The van der Waals surface area contributed by atoms with Gasteiger partial charge in [-0.15, -0.1) is 0 Å². The van der Waals surface area contributed by atoms with Crippen LogP contribution in [0.1, 0.15) is 18.5 Å². The lowest BCUT2D eigenvalue weighted by Gasteiger charge is -2.30. The van der Waals surface area contributed by atoms with Gasteiger partial charge in [0.25, 0.3) is 0 Å². The summed E-state index contributed by atoms with van der Waals surface area (Å²) in [6.07, 6.45) is 2.76. The molecular weight excluding hydrogens is 313 g/mol. The van der Waals surface area contributed by atoms with Gasteiger partial charge in [-0.3, -0.25) is 9.59 Å². The molecule has 1 fully saturated rings. The zero-order valence-electron chi connectivity index (χ0n) is 13.1. The molecule has 1 aliphatic heterocycles. The van der Waals surface area contributed by atoms with E-state index in [-0.39, 0.29) is 30.0 Å². The summed E-state index contributed by atoms with van der Waals surface area (Å²) in [6, 6.07) is 5.79. The Hall–Kier alpha value is -2.70. The standard InChI is InChI=1S/C17H18FN3O3/c18-13-3-1-12(2-4-13)17-20-14(10-24-17)9-15(22)21-7-5-11(6-8-21)16(19)23/h1-4,10-11H,5-9H2,(H2,19,23). The minimum atomic E-state index is -0.333. The highest BCUT2D eigenvalue weighted by molar-refractivity contribution is 5.80. The first-order chi connectivity index (χ1) is 11.5. The highest BCUT2D eigenvalue weighted by Gasteiger charge is 2.26. The van der Waals surface area contributed by atoms with Crippen molar-refractivity contribution >= 4 is 11.8 Å². The Kier molecular flexibility index (Phi) is 4.59. The summed E-state index contributed by atoms with van der Waals surface area (Å²) in [4.78, 5) is 29.5. The van der Waals surface area contributed by atoms with E-state index >= 15 is 0 Å². The molecule has 1 aromatic heterocycles. The minimum Gasteiger partial charge on any atom is -0.444 e. The van der Waals surface area contributed by atoms with E-state index < -0.39 is 0 Å². The molecule has 1 aromatic carbocycles. The van der Waals surface area contributed by atoms with Crippen LogP contribution in [0.15, 0.2) is 34.9 Å². The van der Waals surface area contributed by atoms with Crippen LogP contribution in [0.4, 0.5) is 4.39 Å². The Labute approximate surface area is 138 Å². The number of benzene rings is 1. The summed E-state index contributed by atoms with van der Waals surface area (Å²) >= 11 is 0. The smallest absolute Gasteiger partial charge is 0.228 e. The number of oxazole rings is 1. The van der Waals surface area contributed by atoms with Crippen molar-refractivity contribution < 1.29 is 18.4 Å². The van der Waals surface area contributed by atoms with E-state index in [4.69, 9.17) is 10.2 Å². The fourth-order valence-corrected chi connectivity index (χ4v) is 2.79. The normalized spacial score (nSPS) is 15.5. The van der Waals surface area contributed by atoms with Crippen molar-refractivity contribution in [3.63, 3.8) is 0 Å². The number of piperidine rings is 1. The van der Waals surface area contributed by atoms with Crippen LogP contribution in [-0.4, -0.2) is 34.8 Å². The zero-order chi connectivity index (χ0) is 17.1. The van der Waals surface area contributed by atoms with E-state index in [0.717, 1.165) is 0 Å². The van der Waals surface area contributed by atoms with Crippen LogP contribution in [0.5, 0.6) is 0 Å². The lowest BCUT2D eigenvalue weighted by atomic mass is 9.96. The maximum Gasteiger partial charge on any atom is 0.228 e. The second-order valence-corrected chi connectivity index (χ2v) is 5.89. The average molecular weight is 331 g/mol. The molecule has 1 aliphatic rings. The fraction of sp³-hybridized carbons (Fsp3) is 0.353. The van der Waals surface area contributed by atoms with Gasteiger partial charge in [-0.05, 0) is 37.1 Å². The van der Waals surface area contributed by atoms with Crippen molar-refractivity contribution in [3.05, 3.63) is 42.0 Å². The minimum absolute atomic E-state index is 0.0584. The zero-order valence-corrected chi connectivity index (χ0v) is 13.1. The number of nitrogens with two attached hydrogens (primary N) is 1. The topological polar surface area (TPSA) is 89.4 Å². The average Bonchev–Trinajstić information content (AvgIpc) is 3.04. The molecule has 2 aromatic rings. The van der Waals surface area contributed by atoms with E-state index in [2.05, 4.69) is 4.98 Å². The molecule has 0 aliphatic carbocycles. The number of halogens is 1. The summed E-state index contributed by atoms with van der Waals surface area (Å²) in [5.41, 5.74) is 6.47. The van der Waals surface area contributed by atoms with E-state index in [0.29, 0.717) is 43.1 Å². The summed E-state index contributed by atoms with van der Waals surface area (Å²) in [6.45, 7) is 1.05. The molecule has 2 amide bonds. The molecule has 0 saturated carbocycles. The highest BCUT2D eigenvalue weighted by Crippen LogP contribution is 2.21. The molecule has 0 unspecified atom stereocenters. The quantitative estimate of drug-likeness (QED) is 0.924. The first-order valence-corrected chi connectivity index (χ1v) is 7.80. The maximum absolute atomic E-state index is 12.9. The Morgan fingerprint density at radius 1 is 1.25 bits per heavy atom. The number of likely N-dealkylation sites (tertiary alicyclic amines) is 1. The van der Waals surface area contributed by atoms with Crippen molar-refractivity contribution in [2.24, 2.45) is 11.7 Å². The Morgan fingerprint density at radius 2 is 1.92 bits per heavy atom. The molecule has 2 heterocycles. The second kappa shape index (κ2) is 6.82. The predicted octanol–water partition coefficient (Wildman–Crippen LogP) is 1.75. The first-order valence-electron chi connectivity index (χ1n) is 7.80. The van der Waals surface area contributed by atoms with Gasteiger partial charge < -0.3 is 15.1 Å².